The van der Waals surface area contributed by atoms with Gasteiger partial charge in [-0.3, -0.25) is 19.9 Å². The molecule has 36 heavy (non-hydrogen) atoms. The lowest BCUT2D eigenvalue weighted by atomic mass is 9.63. The Morgan fingerprint density at radius 2 is 1.83 bits per heavy atom. The Morgan fingerprint density at radius 3 is 2.53 bits per heavy atom. The molecular formula is C27H26N2O7. The van der Waals surface area contributed by atoms with E-state index in [1.165, 1.54) is 12.1 Å². The number of Topliss-reactive ketones (excluding diaryl/α,β-unsaturated/α-hetero) is 1. The van der Waals surface area contributed by atoms with Crippen molar-refractivity contribution in [3.8, 4) is 11.5 Å². The monoisotopic (exact) mass is 490 g/mol. The molecule has 0 aromatic heterocycles. The first kappa shape index (κ1) is 23.7. The summed E-state index contributed by atoms with van der Waals surface area (Å²) >= 11 is 0. The zero-order valence-electron chi connectivity index (χ0n) is 20.3. The zero-order valence-corrected chi connectivity index (χ0v) is 20.3. The summed E-state index contributed by atoms with van der Waals surface area (Å²) in [5, 5.41) is 12.1. The van der Waals surface area contributed by atoms with Crippen LogP contribution in [-0.2, 0) is 20.9 Å². The van der Waals surface area contributed by atoms with Gasteiger partial charge in [0.05, 0.1) is 22.5 Å². The number of carbonyl (C=O) groups is 2. The van der Waals surface area contributed by atoms with Gasteiger partial charge in [0.1, 0.15) is 12.4 Å². The van der Waals surface area contributed by atoms with Crippen molar-refractivity contribution in [2.24, 2.45) is 16.3 Å². The van der Waals surface area contributed by atoms with Crippen LogP contribution in [0.25, 0.3) is 0 Å². The summed E-state index contributed by atoms with van der Waals surface area (Å²) < 4.78 is 16.5. The van der Waals surface area contributed by atoms with E-state index in [4.69, 9.17) is 14.2 Å². The first-order valence-corrected chi connectivity index (χ1v) is 11.7. The fraction of sp³-hybridized carbons (Fsp3) is 0.370. The number of nitro groups is 1. The van der Waals surface area contributed by atoms with E-state index in [2.05, 4.69) is 4.99 Å². The molecule has 0 spiro atoms. The third-order valence-corrected chi connectivity index (χ3v) is 6.85. The summed E-state index contributed by atoms with van der Waals surface area (Å²) in [6, 6.07) is 12.0. The molecule has 2 aromatic carbocycles. The maximum Gasteiger partial charge on any atom is 0.336 e. The van der Waals surface area contributed by atoms with Crippen molar-refractivity contribution in [1.29, 1.82) is 0 Å². The van der Waals surface area contributed by atoms with E-state index in [1.54, 1.807) is 6.92 Å². The third kappa shape index (κ3) is 4.25. The van der Waals surface area contributed by atoms with Gasteiger partial charge in [0, 0.05) is 29.3 Å². The van der Waals surface area contributed by atoms with Gasteiger partial charge in [-0.2, -0.15) is 0 Å². The van der Waals surface area contributed by atoms with Gasteiger partial charge >= 0.3 is 5.97 Å². The number of esters is 1. The molecule has 0 radical (unpaired) electrons. The Hall–Kier alpha value is -4.01. The maximum absolute atomic E-state index is 13.5. The van der Waals surface area contributed by atoms with E-state index < -0.39 is 22.7 Å². The topological polar surface area (TPSA) is 117 Å². The Labute approximate surface area is 207 Å². The second kappa shape index (κ2) is 8.89. The minimum Gasteiger partial charge on any atom is -0.457 e. The normalized spacial score (nSPS) is 22.1. The molecule has 0 saturated heterocycles. The largest absolute Gasteiger partial charge is 0.457 e. The summed E-state index contributed by atoms with van der Waals surface area (Å²) in [5.41, 5.74) is 1.63. The van der Waals surface area contributed by atoms with Crippen LogP contribution in [0.3, 0.4) is 0 Å². The van der Waals surface area contributed by atoms with Crippen LogP contribution in [-0.4, -0.2) is 29.2 Å². The Balaban J connectivity index is 1.63. The van der Waals surface area contributed by atoms with Crippen molar-refractivity contribution in [2.45, 2.75) is 46.1 Å². The SMILES string of the molecule is CC1=C(C(=O)OCc2ccccc2)[C@@H](c2cc3c(cc2[N+](=O)[O-])OCO3)[C@H]2C(=O)CC(C)(C)CC2=N1. The Bertz CT molecular complexity index is 1330. The van der Waals surface area contributed by atoms with E-state index in [1.807, 2.05) is 44.2 Å². The van der Waals surface area contributed by atoms with Crippen LogP contribution < -0.4 is 9.47 Å². The fourth-order valence-electron chi connectivity index (χ4n) is 5.35. The number of hydrogen-bond donors (Lipinski definition) is 0. The number of aliphatic imine (C=N–C) groups is 1. The highest BCUT2D eigenvalue weighted by Gasteiger charge is 2.49. The summed E-state index contributed by atoms with van der Waals surface area (Å²) in [7, 11) is 0. The van der Waals surface area contributed by atoms with Crippen LogP contribution in [0, 0.1) is 21.4 Å². The quantitative estimate of drug-likeness (QED) is 0.333. The van der Waals surface area contributed by atoms with Crippen molar-refractivity contribution in [2.75, 3.05) is 6.79 Å². The predicted molar refractivity (Wildman–Crippen MR) is 130 cm³/mol. The molecule has 0 bridgehead atoms. The van der Waals surface area contributed by atoms with E-state index in [0.717, 1.165) is 5.56 Å². The Kier molecular flexibility index (Phi) is 5.86. The number of allylic oxidation sites excluding steroid dienone is 1. The lowest BCUT2D eigenvalue weighted by Gasteiger charge is -2.40. The molecule has 0 amide bonds. The summed E-state index contributed by atoms with van der Waals surface area (Å²) in [6.45, 7) is 5.62. The smallest absolute Gasteiger partial charge is 0.336 e. The number of carbonyl (C=O) groups excluding carboxylic acids is 2. The molecule has 2 aliphatic heterocycles. The molecule has 1 saturated carbocycles. The van der Waals surface area contributed by atoms with Crippen LogP contribution in [0.2, 0.25) is 0 Å². The number of ketones is 1. The fourth-order valence-corrected chi connectivity index (χ4v) is 5.35. The highest BCUT2D eigenvalue weighted by atomic mass is 16.7. The van der Waals surface area contributed by atoms with E-state index in [-0.39, 0.29) is 53.6 Å². The number of nitrogens with zero attached hydrogens (tertiary/aromatic N) is 2. The number of hydrogen-bond acceptors (Lipinski definition) is 8. The molecule has 186 valence electrons. The molecular weight excluding hydrogens is 464 g/mol. The molecule has 5 rings (SSSR count). The Morgan fingerprint density at radius 1 is 1.14 bits per heavy atom. The molecule has 0 unspecified atom stereocenters. The average Bonchev–Trinajstić information content (AvgIpc) is 3.28. The van der Waals surface area contributed by atoms with Crippen LogP contribution in [0.15, 0.2) is 58.7 Å². The third-order valence-electron chi connectivity index (χ3n) is 6.85. The number of rotatable bonds is 5. The summed E-state index contributed by atoms with van der Waals surface area (Å²) in [4.78, 5) is 43.3. The summed E-state index contributed by atoms with van der Waals surface area (Å²) in [5.74, 6) is -1.92. The first-order chi connectivity index (χ1) is 17.1. The predicted octanol–water partition coefficient (Wildman–Crippen LogP) is 4.88. The lowest BCUT2D eigenvalue weighted by Crippen LogP contribution is -2.44. The van der Waals surface area contributed by atoms with Crippen molar-refractivity contribution in [3.05, 3.63) is 75.0 Å². The van der Waals surface area contributed by atoms with Crippen LogP contribution in [0.1, 0.15) is 50.7 Å². The minimum absolute atomic E-state index is 0.0224. The van der Waals surface area contributed by atoms with Crippen molar-refractivity contribution in [3.63, 3.8) is 0 Å². The molecule has 3 aliphatic rings. The molecule has 9 heteroatoms. The van der Waals surface area contributed by atoms with Gasteiger partial charge in [0.15, 0.2) is 11.5 Å². The van der Waals surface area contributed by atoms with Gasteiger partial charge in [0.2, 0.25) is 6.79 Å². The van der Waals surface area contributed by atoms with Gasteiger partial charge < -0.3 is 14.2 Å². The second-order valence-corrected chi connectivity index (χ2v) is 10.1. The van der Waals surface area contributed by atoms with Gasteiger partial charge in [0.25, 0.3) is 5.69 Å². The molecule has 2 heterocycles. The van der Waals surface area contributed by atoms with Crippen molar-refractivity contribution < 1.29 is 28.7 Å². The van der Waals surface area contributed by atoms with Crippen LogP contribution >= 0.6 is 0 Å². The van der Waals surface area contributed by atoms with Crippen molar-refractivity contribution in [1.82, 2.24) is 0 Å². The number of benzene rings is 2. The van der Waals surface area contributed by atoms with Gasteiger partial charge in [-0.15, -0.1) is 0 Å². The molecule has 1 aliphatic carbocycles. The van der Waals surface area contributed by atoms with Gasteiger partial charge in [-0.05, 0) is 30.4 Å². The van der Waals surface area contributed by atoms with Crippen molar-refractivity contribution >= 4 is 23.2 Å². The maximum atomic E-state index is 13.5. The standard InChI is InChI=1S/C27H26N2O7/c1-15-23(26(31)34-13-16-7-5-4-6-8-16)24(25-18(28-15)11-27(2,3)12-20(25)30)17-9-21-22(36-14-35-21)10-19(17)29(32)33/h4-10,24-25H,11-14H2,1-3H3/t24-,25-/m1/s1. The zero-order chi connectivity index (χ0) is 25.6. The lowest BCUT2D eigenvalue weighted by molar-refractivity contribution is -0.385. The molecule has 0 N–H and O–H groups in total. The number of fused-ring (bicyclic) bond motifs is 2. The number of nitro benzene ring substituents is 1. The molecule has 2 aromatic rings. The molecule has 2 atom stereocenters. The molecule has 9 nitrogen and oxygen atoms in total. The molecule has 1 fully saturated rings. The summed E-state index contributed by atoms with van der Waals surface area (Å²) in [6.07, 6.45) is 0.818. The van der Waals surface area contributed by atoms with E-state index in [9.17, 15) is 19.7 Å². The van der Waals surface area contributed by atoms with Gasteiger partial charge in [-0.1, -0.05) is 44.2 Å². The highest BCUT2D eigenvalue weighted by molar-refractivity contribution is 6.12. The average molecular weight is 491 g/mol. The van der Waals surface area contributed by atoms with E-state index >= 15 is 0 Å². The second-order valence-electron chi connectivity index (χ2n) is 10.1. The van der Waals surface area contributed by atoms with Gasteiger partial charge in [-0.25, -0.2) is 4.79 Å². The van der Waals surface area contributed by atoms with Crippen LogP contribution in [0.4, 0.5) is 5.69 Å². The minimum atomic E-state index is -0.931. The first-order valence-electron chi connectivity index (χ1n) is 11.7. The number of ether oxygens (including phenoxy) is 3. The van der Waals surface area contributed by atoms with Crippen LogP contribution in [0.5, 0.6) is 11.5 Å². The highest BCUT2D eigenvalue weighted by Crippen LogP contribution is 2.51. The van der Waals surface area contributed by atoms with E-state index in [0.29, 0.717) is 23.6 Å².